The highest BCUT2D eigenvalue weighted by atomic mass is 16.3. The number of hydrogen-bond donors (Lipinski definition) is 2. The molecule has 0 radical (unpaired) electrons. The van der Waals surface area contributed by atoms with Gasteiger partial charge in [-0.05, 0) is 13.8 Å². The monoisotopic (exact) mass is 186 g/mol. The minimum Gasteiger partial charge on any atom is -0.394 e. The summed E-state index contributed by atoms with van der Waals surface area (Å²) >= 11 is 0. The molecule has 1 aliphatic heterocycles. The van der Waals surface area contributed by atoms with Crippen molar-refractivity contribution in [2.75, 3.05) is 32.8 Å². The molecule has 0 saturated heterocycles. The van der Waals surface area contributed by atoms with Crippen molar-refractivity contribution in [2.45, 2.75) is 19.4 Å². The smallest absolute Gasteiger partial charge is 0.185 e. The Balaban J connectivity index is 2.64. The molecule has 13 heavy (non-hydrogen) atoms. The first-order valence-corrected chi connectivity index (χ1v) is 4.80. The summed E-state index contributed by atoms with van der Waals surface area (Å²) in [5, 5.41) is 9.08. The van der Waals surface area contributed by atoms with Crippen LogP contribution in [0.1, 0.15) is 13.8 Å². The van der Waals surface area contributed by atoms with E-state index in [1.54, 1.807) is 0 Å². The number of likely N-dealkylation sites (N-methyl/N-ethyl adjacent to an activating group) is 1. The van der Waals surface area contributed by atoms with Crippen LogP contribution in [0, 0.1) is 0 Å². The van der Waals surface area contributed by atoms with E-state index in [0.717, 1.165) is 30.7 Å². The first-order chi connectivity index (χ1) is 6.04. The van der Waals surface area contributed by atoms with Crippen LogP contribution >= 0.6 is 0 Å². The summed E-state index contributed by atoms with van der Waals surface area (Å²) in [7, 11) is 0. The lowest BCUT2D eigenvalue weighted by Gasteiger charge is -2.35. The Bertz CT molecular complexity index is 203. The third-order valence-electron chi connectivity index (χ3n) is 2.67. The van der Waals surface area contributed by atoms with Crippen LogP contribution in [0.5, 0.6) is 0 Å². The molecule has 1 rings (SSSR count). The van der Waals surface area contributed by atoms with Crippen molar-refractivity contribution in [2.24, 2.45) is 10.7 Å². The highest BCUT2D eigenvalue weighted by Gasteiger charge is 2.35. The summed E-state index contributed by atoms with van der Waals surface area (Å²) in [4.78, 5) is 4.24. The summed E-state index contributed by atoms with van der Waals surface area (Å²) in [5.41, 5.74) is 5.44. The van der Waals surface area contributed by atoms with Crippen molar-refractivity contribution >= 4 is 6.34 Å². The molecule has 4 nitrogen and oxygen atoms in total. The normalized spacial score (nSPS) is 32.0. The Morgan fingerprint density at radius 3 is 2.77 bits per heavy atom. The minimum atomic E-state index is -0.494. The molecule has 0 aliphatic carbocycles. The summed E-state index contributed by atoms with van der Waals surface area (Å²) in [6.07, 6.45) is 1.97. The van der Waals surface area contributed by atoms with Crippen molar-refractivity contribution in [3.63, 3.8) is 0 Å². The van der Waals surface area contributed by atoms with E-state index < -0.39 is 5.54 Å². The van der Waals surface area contributed by atoms with Crippen LogP contribution in [-0.2, 0) is 0 Å². The molecule has 2 atom stereocenters. The highest BCUT2D eigenvalue weighted by Crippen LogP contribution is 2.14. The second-order valence-electron chi connectivity index (χ2n) is 4.25. The SMILES string of the molecule is CC[N+]1(CC(C)(N)CO)C=NCC1. The lowest BCUT2D eigenvalue weighted by Crippen LogP contribution is -2.59. The number of rotatable bonds is 4. The van der Waals surface area contributed by atoms with Gasteiger partial charge in [-0.15, -0.1) is 0 Å². The number of quaternary nitrogens is 1. The number of aliphatic imine (C=N–C) groups is 1. The fourth-order valence-electron chi connectivity index (χ4n) is 1.79. The largest absolute Gasteiger partial charge is 0.394 e. The molecule has 76 valence electrons. The summed E-state index contributed by atoms with van der Waals surface area (Å²) in [6.45, 7) is 7.71. The highest BCUT2D eigenvalue weighted by molar-refractivity contribution is 5.48. The molecule has 0 aromatic heterocycles. The van der Waals surface area contributed by atoms with Crippen LogP contribution in [0.2, 0.25) is 0 Å². The zero-order chi connectivity index (χ0) is 9.95. The molecular weight excluding hydrogens is 166 g/mol. The van der Waals surface area contributed by atoms with Crippen LogP contribution in [-0.4, -0.2) is 54.3 Å². The number of nitrogens with zero attached hydrogens (tertiary/aromatic N) is 2. The Morgan fingerprint density at radius 2 is 2.38 bits per heavy atom. The van der Waals surface area contributed by atoms with E-state index in [0.29, 0.717) is 0 Å². The average molecular weight is 186 g/mol. The quantitative estimate of drug-likeness (QED) is 0.586. The molecule has 1 aliphatic rings. The topological polar surface area (TPSA) is 58.6 Å². The first-order valence-electron chi connectivity index (χ1n) is 4.80. The van der Waals surface area contributed by atoms with Crippen molar-refractivity contribution in [1.29, 1.82) is 0 Å². The maximum absolute atomic E-state index is 9.08. The second-order valence-corrected chi connectivity index (χ2v) is 4.25. The molecule has 0 aromatic carbocycles. The second kappa shape index (κ2) is 3.74. The van der Waals surface area contributed by atoms with E-state index in [1.165, 1.54) is 0 Å². The predicted octanol–water partition coefficient (Wildman–Crippen LogP) is -0.425. The van der Waals surface area contributed by atoms with Crippen LogP contribution in [0.4, 0.5) is 0 Å². The fourth-order valence-corrected chi connectivity index (χ4v) is 1.79. The van der Waals surface area contributed by atoms with Crippen molar-refractivity contribution in [1.82, 2.24) is 0 Å². The minimum absolute atomic E-state index is 0.0286. The Hall–Kier alpha value is -0.450. The van der Waals surface area contributed by atoms with Gasteiger partial charge in [-0.2, -0.15) is 0 Å². The third kappa shape index (κ3) is 2.49. The van der Waals surface area contributed by atoms with Gasteiger partial charge in [0.2, 0.25) is 0 Å². The maximum atomic E-state index is 9.08. The van der Waals surface area contributed by atoms with Gasteiger partial charge < -0.3 is 10.8 Å². The van der Waals surface area contributed by atoms with E-state index in [4.69, 9.17) is 10.8 Å². The van der Waals surface area contributed by atoms with Crippen molar-refractivity contribution < 1.29 is 9.59 Å². The van der Waals surface area contributed by atoms with Crippen LogP contribution < -0.4 is 5.73 Å². The van der Waals surface area contributed by atoms with E-state index in [1.807, 2.05) is 13.3 Å². The summed E-state index contributed by atoms with van der Waals surface area (Å²) < 4.78 is 0.813. The Kier molecular flexibility index (Phi) is 3.05. The van der Waals surface area contributed by atoms with Crippen LogP contribution in [0.25, 0.3) is 0 Å². The number of nitrogens with two attached hydrogens (primary N) is 1. The standard InChI is InChI=1S/C9H20N3O/c1-3-12(5-4-11-8-12)6-9(2,10)7-13/h8,13H,3-7,10H2,1-2H3/q+1. The molecule has 1 heterocycles. The molecule has 4 heteroatoms. The van der Waals surface area contributed by atoms with Gasteiger partial charge in [0.15, 0.2) is 6.34 Å². The van der Waals surface area contributed by atoms with Crippen molar-refractivity contribution in [3.05, 3.63) is 0 Å². The maximum Gasteiger partial charge on any atom is 0.185 e. The zero-order valence-electron chi connectivity index (χ0n) is 8.53. The van der Waals surface area contributed by atoms with Gasteiger partial charge >= 0.3 is 0 Å². The van der Waals surface area contributed by atoms with Gasteiger partial charge in [0, 0.05) is 0 Å². The lowest BCUT2D eigenvalue weighted by molar-refractivity contribution is -0.830. The molecular formula is C9H20N3O+. The van der Waals surface area contributed by atoms with E-state index in [-0.39, 0.29) is 6.61 Å². The van der Waals surface area contributed by atoms with Crippen LogP contribution in [0.15, 0.2) is 4.99 Å². The predicted molar refractivity (Wildman–Crippen MR) is 53.6 cm³/mol. The van der Waals surface area contributed by atoms with Gasteiger partial charge in [-0.1, -0.05) is 0 Å². The molecule has 0 aromatic rings. The average Bonchev–Trinajstić information content (AvgIpc) is 2.53. The van der Waals surface area contributed by atoms with Crippen LogP contribution in [0.3, 0.4) is 0 Å². The zero-order valence-corrected chi connectivity index (χ0v) is 8.53. The molecule has 0 spiro atoms. The first kappa shape index (κ1) is 10.6. The summed E-state index contributed by atoms with van der Waals surface area (Å²) in [6, 6.07) is 0. The number of aliphatic hydroxyl groups is 1. The molecule has 0 saturated carbocycles. The molecule has 2 unspecified atom stereocenters. The van der Waals surface area contributed by atoms with Crippen molar-refractivity contribution in [3.8, 4) is 0 Å². The number of hydrogen-bond acceptors (Lipinski definition) is 3. The number of aliphatic hydroxyl groups excluding tert-OH is 1. The molecule has 0 fully saturated rings. The summed E-state index contributed by atoms with van der Waals surface area (Å²) in [5.74, 6) is 0. The lowest BCUT2D eigenvalue weighted by atomic mass is 10.0. The molecule has 0 bridgehead atoms. The molecule has 3 N–H and O–H groups in total. The third-order valence-corrected chi connectivity index (χ3v) is 2.67. The van der Waals surface area contributed by atoms with E-state index in [2.05, 4.69) is 11.9 Å². The van der Waals surface area contributed by atoms with Gasteiger partial charge in [0.05, 0.1) is 25.2 Å². The van der Waals surface area contributed by atoms with E-state index in [9.17, 15) is 0 Å². The fraction of sp³-hybridized carbons (Fsp3) is 0.889. The Labute approximate surface area is 79.7 Å². The molecule has 0 amide bonds. The van der Waals surface area contributed by atoms with Gasteiger partial charge in [-0.3, -0.25) is 4.48 Å². The van der Waals surface area contributed by atoms with Gasteiger partial charge in [-0.25, -0.2) is 4.99 Å². The Morgan fingerprint density at radius 1 is 1.69 bits per heavy atom. The van der Waals surface area contributed by atoms with Gasteiger partial charge in [0.1, 0.15) is 13.1 Å². The van der Waals surface area contributed by atoms with E-state index >= 15 is 0 Å². The van der Waals surface area contributed by atoms with Gasteiger partial charge in [0.25, 0.3) is 0 Å².